The quantitative estimate of drug-likeness (QED) is 0.856. The molecule has 1 saturated carbocycles. The molecular weight excluding hydrogens is 256 g/mol. The van der Waals surface area contributed by atoms with Crippen LogP contribution >= 0.6 is 0 Å². The van der Waals surface area contributed by atoms with Crippen molar-refractivity contribution in [3.8, 4) is 0 Å². The smallest absolute Gasteiger partial charge is 0.0578 e. The van der Waals surface area contributed by atoms with Crippen LogP contribution in [0.15, 0.2) is 48.7 Å². The van der Waals surface area contributed by atoms with Crippen LogP contribution < -0.4 is 5.32 Å². The summed E-state index contributed by atoms with van der Waals surface area (Å²) in [5.74, 6) is 1.36. The van der Waals surface area contributed by atoms with Crippen LogP contribution in [-0.2, 0) is 0 Å². The Labute approximate surface area is 127 Å². The second-order valence-electron chi connectivity index (χ2n) is 6.11. The molecule has 0 spiro atoms. The molecule has 2 aromatic rings. The van der Waals surface area contributed by atoms with Gasteiger partial charge in [-0.3, -0.25) is 4.98 Å². The highest BCUT2D eigenvalue weighted by Crippen LogP contribution is 2.53. The van der Waals surface area contributed by atoms with E-state index in [0.29, 0.717) is 17.9 Å². The van der Waals surface area contributed by atoms with Crippen LogP contribution in [0.2, 0.25) is 0 Å². The van der Waals surface area contributed by atoms with E-state index < -0.39 is 0 Å². The van der Waals surface area contributed by atoms with Crippen LogP contribution in [0.1, 0.15) is 48.5 Å². The molecule has 1 fully saturated rings. The topological polar surface area (TPSA) is 24.9 Å². The van der Waals surface area contributed by atoms with Gasteiger partial charge in [0.1, 0.15) is 0 Å². The number of aromatic nitrogens is 1. The van der Waals surface area contributed by atoms with E-state index in [-0.39, 0.29) is 0 Å². The fraction of sp³-hybridized carbons (Fsp3) is 0.421. The third-order valence-corrected chi connectivity index (χ3v) is 4.37. The van der Waals surface area contributed by atoms with Crippen LogP contribution in [0, 0.1) is 12.8 Å². The predicted octanol–water partition coefficient (Wildman–Crippen LogP) is 4.23. The number of hydrogen-bond acceptors (Lipinski definition) is 2. The lowest BCUT2D eigenvalue weighted by atomic mass is 10.0. The maximum atomic E-state index is 4.62. The monoisotopic (exact) mass is 280 g/mol. The van der Waals surface area contributed by atoms with Gasteiger partial charge in [0.2, 0.25) is 0 Å². The van der Waals surface area contributed by atoms with E-state index in [0.717, 1.165) is 13.0 Å². The summed E-state index contributed by atoms with van der Waals surface area (Å²) in [6.07, 6.45) is 4.36. The lowest BCUT2D eigenvalue weighted by molar-refractivity contribution is 0.463. The molecule has 1 aliphatic rings. The van der Waals surface area contributed by atoms with Crippen molar-refractivity contribution < 1.29 is 0 Å². The van der Waals surface area contributed by atoms with Gasteiger partial charge < -0.3 is 5.32 Å². The summed E-state index contributed by atoms with van der Waals surface area (Å²) in [6.45, 7) is 5.41. The molecule has 3 atom stereocenters. The lowest BCUT2D eigenvalue weighted by Gasteiger charge is -2.19. The summed E-state index contributed by atoms with van der Waals surface area (Å²) in [5, 5.41) is 3.71. The van der Waals surface area contributed by atoms with E-state index in [1.807, 2.05) is 6.20 Å². The van der Waals surface area contributed by atoms with Gasteiger partial charge in [0, 0.05) is 6.20 Å². The minimum atomic E-state index is 0.384. The first kappa shape index (κ1) is 14.3. The highest BCUT2D eigenvalue weighted by molar-refractivity contribution is 5.29. The maximum Gasteiger partial charge on any atom is 0.0578 e. The SMILES string of the molecule is CCCNC(c1cc(C)ccn1)C1CC1c1ccccc1. The van der Waals surface area contributed by atoms with Gasteiger partial charge in [-0.2, -0.15) is 0 Å². The first-order valence-electron chi connectivity index (χ1n) is 8.00. The molecular formula is C19H24N2. The first-order valence-corrected chi connectivity index (χ1v) is 8.00. The molecule has 110 valence electrons. The second kappa shape index (κ2) is 6.40. The number of rotatable bonds is 6. The number of benzene rings is 1. The number of nitrogens with zero attached hydrogens (tertiary/aromatic N) is 1. The van der Waals surface area contributed by atoms with Crippen molar-refractivity contribution >= 4 is 0 Å². The Morgan fingerprint density at radius 2 is 2.05 bits per heavy atom. The lowest BCUT2D eigenvalue weighted by Crippen LogP contribution is -2.25. The molecule has 0 radical (unpaired) electrons. The van der Waals surface area contributed by atoms with E-state index in [1.54, 1.807) is 0 Å². The summed E-state index contributed by atoms with van der Waals surface area (Å²) >= 11 is 0. The van der Waals surface area contributed by atoms with Crippen LogP contribution in [0.25, 0.3) is 0 Å². The predicted molar refractivity (Wildman–Crippen MR) is 87.3 cm³/mol. The molecule has 2 heteroatoms. The Kier molecular flexibility index (Phi) is 4.35. The van der Waals surface area contributed by atoms with Crippen LogP contribution in [0.4, 0.5) is 0 Å². The third-order valence-electron chi connectivity index (χ3n) is 4.37. The van der Waals surface area contributed by atoms with E-state index in [4.69, 9.17) is 0 Å². The zero-order chi connectivity index (χ0) is 14.7. The average molecular weight is 280 g/mol. The van der Waals surface area contributed by atoms with Gasteiger partial charge in [0.15, 0.2) is 0 Å². The Morgan fingerprint density at radius 1 is 1.24 bits per heavy atom. The van der Waals surface area contributed by atoms with E-state index in [2.05, 4.69) is 66.6 Å². The molecule has 1 N–H and O–H groups in total. The molecule has 1 aliphatic carbocycles. The van der Waals surface area contributed by atoms with E-state index in [1.165, 1.54) is 23.2 Å². The standard InChI is InChI=1S/C19H24N2/c1-3-10-21-19(18-12-14(2)9-11-20-18)17-13-16(17)15-7-5-4-6-8-15/h4-9,11-12,16-17,19,21H,3,10,13H2,1-2H3. The highest BCUT2D eigenvalue weighted by atomic mass is 15.0. The van der Waals surface area contributed by atoms with Crippen molar-refractivity contribution in [1.82, 2.24) is 10.3 Å². The molecule has 0 aliphatic heterocycles. The molecule has 1 aromatic heterocycles. The molecule has 2 nitrogen and oxygen atoms in total. The Hall–Kier alpha value is -1.67. The fourth-order valence-corrected chi connectivity index (χ4v) is 3.17. The zero-order valence-electron chi connectivity index (χ0n) is 12.9. The van der Waals surface area contributed by atoms with E-state index >= 15 is 0 Å². The molecule has 0 amide bonds. The molecule has 21 heavy (non-hydrogen) atoms. The zero-order valence-corrected chi connectivity index (χ0v) is 12.9. The minimum Gasteiger partial charge on any atom is -0.308 e. The molecule has 1 heterocycles. The van der Waals surface area contributed by atoms with Crippen molar-refractivity contribution in [3.05, 3.63) is 65.5 Å². The van der Waals surface area contributed by atoms with Crippen LogP contribution in [0.3, 0.4) is 0 Å². The van der Waals surface area contributed by atoms with Crippen LogP contribution in [-0.4, -0.2) is 11.5 Å². The fourth-order valence-electron chi connectivity index (χ4n) is 3.17. The van der Waals surface area contributed by atoms with Gasteiger partial charge in [-0.15, -0.1) is 0 Å². The van der Waals surface area contributed by atoms with Gasteiger partial charge >= 0.3 is 0 Å². The Balaban J connectivity index is 1.78. The molecule has 1 aromatic carbocycles. The maximum absolute atomic E-state index is 4.62. The third kappa shape index (κ3) is 3.33. The number of hydrogen-bond donors (Lipinski definition) is 1. The summed E-state index contributed by atoms with van der Waals surface area (Å²) in [6, 6.07) is 15.6. The van der Waals surface area contributed by atoms with Gasteiger partial charge in [0.25, 0.3) is 0 Å². The number of nitrogens with one attached hydrogen (secondary N) is 1. The van der Waals surface area contributed by atoms with E-state index in [9.17, 15) is 0 Å². The molecule has 3 unspecified atom stereocenters. The average Bonchev–Trinajstić information content (AvgIpc) is 3.29. The van der Waals surface area contributed by atoms with Gasteiger partial charge in [-0.05, 0) is 61.4 Å². The summed E-state index contributed by atoms with van der Waals surface area (Å²) in [5.41, 5.74) is 3.96. The largest absolute Gasteiger partial charge is 0.308 e. The van der Waals surface area contributed by atoms with Crippen molar-refractivity contribution in [2.24, 2.45) is 5.92 Å². The highest BCUT2D eigenvalue weighted by Gasteiger charge is 2.44. The van der Waals surface area contributed by atoms with Crippen molar-refractivity contribution in [1.29, 1.82) is 0 Å². The first-order chi connectivity index (χ1) is 10.3. The summed E-state index contributed by atoms with van der Waals surface area (Å²) in [7, 11) is 0. The molecule has 3 rings (SSSR count). The number of pyridine rings is 1. The molecule has 0 saturated heterocycles. The van der Waals surface area contributed by atoms with Crippen molar-refractivity contribution in [2.75, 3.05) is 6.54 Å². The summed E-state index contributed by atoms with van der Waals surface area (Å²) in [4.78, 5) is 4.62. The van der Waals surface area contributed by atoms with Gasteiger partial charge in [-0.1, -0.05) is 37.3 Å². The summed E-state index contributed by atoms with van der Waals surface area (Å²) < 4.78 is 0. The van der Waals surface area contributed by atoms with Gasteiger partial charge in [-0.25, -0.2) is 0 Å². The Morgan fingerprint density at radius 3 is 2.76 bits per heavy atom. The van der Waals surface area contributed by atoms with Crippen molar-refractivity contribution in [2.45, 2.75) is 38.6 Å². The van der Waals surface area contributed by atoms with Crippen LogP contribution in [0.5, 0.6) is 0 Å². The van der Waals surface area contributed by atoms with Gasteiger partial charge in [0.05, 0.1) is 11.7 Å². The van der Waals surface area contributed by atoms with Crippen molar-refractivity contribution in [3.63, 3.8) is 0 Å². The minimum absolute atomic E-state index is 0.384. The second-order valence-corrected chi connectivity index (χ2v) is 6.11. The number of aryl methyl sites for hydroxylation is 1. The normalized spacial score (nSPS) is 22.0. The Bertz CT molecular complexity index is 579. The molecule has 0 bridgehead atoms.